The van der Waals surface area contributed by atoms with Gasteiger partial charge in [0.15, 0.2) is 6.61 Å². The molecule has 0 atom stereocenters. The van der Waals surface area contributed by atoms with Crippen LogP contribution in [0.1, 0.15) is 16.7 Å². The van der Waals surface area contributed by atoms with Gasteiger partial charge in [-0.05, 0) is 37.6 Å². The highest BCUT2D eigenvalue weighted by molar-refractivity contribution is 5.78. The molecular formula is C25H23N3O3. The number of aromatic nitrogens is 2. The zero-order chi connectivity index (χ0) is 21.6. The molecule has 0 saturated carbocycles. The zero-order valence-corrected chi connectivity index (χ0v) is 17.5. The maximum absolute atomic E-state index is 12.2. The molecule has 0 fully saturated rings. The van der Waals surface area contributed by atoms with Crippen molar-refractivity contribution in [1.82, 2.24) is 15.5 Å². The Morgan fingerprint density at radius 2 is 1.77 bits per heavy atom. The first-order chi connectivity index (χ1) is 15.1. The van der Waals surface area contributed by atoms with E-state index in [2.05, 4.69) is 15.5 Å². The van der Waals surface area contributed by atoms with Gasteiger partial charge in [0, 0.05) is 12.1 Å². The Bertz CT molecular complexity index is 1180. The van der Waals surface area contributed by atoms with E-state index in [4.69, 9.17) is 9.26 Å². The highest BCUT2D eigenvalue weighted by atomic mass is 16.5. The monoisotopic (exact) mass is 413 g/mol. The van der Waals surface area contributed by atoms with E-state index >= 15 is 0 Å². The minimum atomic E-state index is -0.207. The SMILES string of the molecule is Cc1ccc(CNC(=O)COc2ccccc2-c2nc(-c3cccc(C)c3)no2)cc1. The molecule has 156 valence electrons. The Balaban J connectivity index is 1.42. The maximum atomic E-state index is 12.2. The summed E-state index contributed by atoms with van der Waals surface area (Å²) in [5, 5.41) is 6.95. The number of ether oxygens (including phenoxy) is 1. The number of amides is 1. The molecule has 4 rings (SSSR count). The van der Waals surface area contributed by atoms with Crippen LogP contribution in [0.15, 0.2) is 77.3 Å². The molecule has 6 nitrogen and oxygen atoms in total. The molecule has 0 spiro atoms. The van der Waals surface area contributed by atoms with Gasteiger partial charge in [-0.15, -0.1) is 0 Å². The van der Waals surface area contributed by atoms with Crippen LogP contribution in [0.4, 0.5) is 0 Å². The second kappa shape index (κ2) is 9.26. The lowest BCUT2D eigenvalue weighted by atomic mass is 10.1. The molecule has 1 heterocycles. The van der Waals surface area contributed by atoms with Crippen LogP contribution in [0.25, 0.3) is 22.8 Å². The molecule has 1 aromatic heterocycles. The number of aryl methyl sites for hydroxylation is 2. The quantitative estimate of drug-likeness (QED) is 0.475. The van der Waals surface area contributed by atoms with Crippen LogP contribution in [0, 0.1) is 13.8 Å². The highest BCUT2D eigenvalue weighted by Gasteiger charge is 2.15. The van der Waals surface area contributed by atoms with Gasteiger partial charge in [-0.25, -0.2) is 0 Å². The lowest BCUT2D eigenvalue weighted by molar-refractivity contribution is -0.123. The van der Waals surface area contributed by atoms with Gasteiger partial charge in [0.1, 0.15) is 5.75 Å². The predicted octanol–water partition coefficient (Wildman–Crippen LogP) is 4.72. The number of rotatable bonds is 7. The number of hydrogen-bond acceptors (Lipinski definition) is 5. The van der Waals surface area contributed by atoms with Gasteiger partial charge < -0.3 is 14.6 Å². The normalized spacial score (nSPS) is 10.6. The second-order valence-electron chi connectivity index (χ2n) is 7.34. The first-order valence-corrected chi connectivity index (χ1v) is 10.0. The van der Waals surface area contributed by atoms with Crippen LogP contribution in [0.3, 0.4) is 0 Å². The van der Waals surface area contributed by atoms with Crippen molar-refractivity contribution in [2.75, 3.05) is 6.61 Å². The molecule has 0 unspecified atom stereocenters. The third-order valence-electron chi connectivity index (χ3n) is 4.79. The van der Waals surface area contributed by atoms with E-state index in [-0.39, 0.29) is 12.5 Å². The zero-order valence-electron chi connectivity index (χ0n) is 17.5. The fourth-order valence-corrected chi connectivity index (χ4v) is 3.10. The molecule has 0 saturated heterocycles. The van der Waals surface area contributed by atoms with Crippen molar-refractivity contribution in [2.45, 2.75) is 20.4 Å². The first-order valence-electron chi connectivity index (χ1n) is 10.0. The maximum Gasteiger partial charge on any atom is 0.262 e. The number of nitrogens with zero attached hydrogens (tertiary/aromatic N) is 2. The van der Waals surface area contributed by atoms with E-state index in [9.17, 15) is 4.79 Å². The van der Waals surface area contributed by atoms with Crippen LogP contribution >= 0.6 is 0 Å². The molecule has 4 aromatic rings. The minimum Gasteiger partial charge on any atom is -0.483 e. The summed E-state index contributed by atoms with van der Waals surface area (Å²) in [4.78, 5) is 16.7. The van der Waals surface area contributed by atoms with Crippen LogP contribution < -0.4 is 10.1 Å². The van der Waals surface area contributed by atoms with E-state index in [0.29, 0.717) is 29.6 Å². The Morgan fingerprint density at radius 3 is 2.58 bits per heavy atom. The number of nitrogens with one attached hydrogen (secondary N) is 1. The van der Waals surface area contributed by atoms with Crippen molar-refractivity contribution in [2.24, 2.45) is 0 Å². The van der Waals surface area contributed by atoms with E-state index in [1.165, 1.54) is 5.56 Å². The number of benzene rings is 3. The molecule has 0 radical (unpaired) electrons. The van der Waals surface area contributed by atoms with Crippen molar-refractivity contribution < 1.29 is 14.1 Å². The largest absolute Gasteiger partial charge is 0.483 e. The van der Waals surface area contributed by atoms with Crippen molar-refractivity contribution in [3.8, 4) is 28.6 Å². The van der Waals surface area contributed by atoms with Gasteiger partial charge >= 0.3 is 0 Å². The smallest absolute Gasteiger partial charge is 0.262 e. The third kappa shape index (κ3) is 5.17. The fraction of sp³-hybridized carbons (Fsp3) is 0.160. The van der Waals surface area contributed by atoms with Gasteiger partial charge in [0.2, 0.25) is 5.82 Å². The summed E-state index contributed by atoms with van der Waals surface area (Å²) in [6.45, 7) is 4.38. The van der Waals surface area contributed by atoms with E-state index in [1.807, 2.05) is 80.6 Å². The molecule has 0 aliphatic heterocycles. The Morgan fingerprint density at radius 1 is 0.968 bits per heavy atom. The van der Waals surface area contributed by atoms with Gasteiger partial charge in [-0.1, -0.05) is 70.9 Å². The number of carbonyl (C=O) groups excluding carboxylic acids is 1. The van der Waals surface area contributed by atoms with Crippen LogP contribution in [0.5, 0.6) is 5.75 Å². The van der Waals surface area contributed by atoms with Crippen molar-refractivity contribution in [1.29, 1.82) is 0 Å². The fourth-order valence-electron chi connectivity index (χ4n) is 3.10. The van der Waals surface area contributed by atoms with Gasteiger partial charge in [-0.3, -0.25) is 4.79 Å². The third-order valence-corrected chi connectivity index (χ3v) is 4.79. The second-order valence-corrected chi connectivity index (χ2v) is 7.34. The van der Waals surface area contributed by atoms with Gasteiger partial charge in [-0.2, -0.15) is 4.98 Å². The first kappa shape index (κ1) is 20.3. The molecule has 0 bridgehead atoms. The average molecular weight is 413 g/mol. The molecule has 31 heavy (non-hydrogen) atoms. The average Bonchev–Trinajstić information content (AvgIpc) is 3.28. The molecule has 6 heteroatoms. The van der Waals surface area contributed by atoms with E-state index < -0.39 is 0 Å². The van der Waals surface area contributed by atoms with Crippen molar-refractivity contribution in [3.05, 3.63) is 89.5 Å². The molecule has 3 aromatic carbocycles. The topological polar surface area (TPSA) is 77.2 Å². The summed E-state index contributed by atoms with van der Waals surface area (Å²) >= 11 is 0. The minimum absolute atomic E-state index is 0.109. The van der Waals surface area contributed by atoms with Crippen molar-refractivity contribution in [3.63, 3.8) is 0 Å². The van der Waals surface area contributed by atoms with Gasteiger partial charge in [0.05, 0.1) is 5.56 Å². The summed E-state index contributed by atoms with van der Waals surface area (Å²) in [6.07, 6.45) is 0. The summed E-state index contributed by atoms with van der Waals surface area (Å²) in [5.74, 6) is 1.14. The molecule has 0 aliphatic rings. The highest BCUT2D eigenvalue weighted by Crippen LogP contribution is 2.30. The molecule has 1 amide bonds. The summed E-state index contributed by atoms with van der Waals surface area (Å²) in [7, 11) is 0. The van der Waals surface area contributed by atoms with Gasteiger partial charge in [0.25, 0.3) is 11.8 Å². The predicted molar refractivity (Wildman–Crippen MR) is 118 cm³/mol. The standard InChI is InChI=1S/C25H23N3O3/c1-17-10-12-19(13-11-17)15-26-23(29)16-30-22-9-4-3-8-21(22)25-27-24(28-31-25)20-7-5-6-18(2)14-20/h3-14H,15-16H2,1-2H3,(H,26,29). The number of para-hydroxylation sites is 1. The number of carbonyl (C=O) groups is 1. The Hall–Kier alpha value is -3.93. The Labute approximate surface area is 180 Å². The lowest BCUT2D eigenvalue weighted by Gasteiger charge is -2.10. The summed E-state index contributed by atoms with van der Waals surface area (Å²) < 4.78 is 11.2. The van der Waals surface area contributed by atoms with E-state index in [1.54, 1.807) is 6.07 Å². The van der Waals surface area contributed by atoms with Crippen LogP contribution in [-0.4, -0.2) is 22.7 Å². The Kier molecular flexibility index (Phi) is 6.08. The lowest BCUT2D eigenvalue weighted by Crippen LogP contribution is -2.28. The molecule has 0 aliphatic carbocycles. The summed E-state index contributed by atoms with van der Waals surface area (Å²) in [5.41, 5.74) is 4.85. The van der Waals surface area contributed by atoms with Crippen molar-refractivity contribution >= 4 is 5.91 Å². The van der Waals surface area contributed by atoms with E-state index in [0.717, 1.165) is 16.7 Å². The summed E-state index contributed by atoms with van der Waals surface area (Å²) in [6, 6.07) is 23.2. The van der Waals surface area contributed by atoms with Crippen LogP contribution in [0.2, 0.25) is 0 Å². The molecular weight excluding hydrogens is 390 g/mol. The van der Waals surface area contributed by atoms with Crippen LogP contribution in [-0.2, 0) is 11.3 Å². The number of hydrogen-bond donors (Lipinski definition) is 1. The molecule has 1 N–H and O–H groups in total.